The number of hydroxylamine groups is 1. The first-order chi connectivity index (χ1) is 16.9. The molecule has 0 spiro atoms. The fourth-order valence-electron chi connectivity index (χ4n) is 5.07. The molecule has 1 rings (SSSR count). The summed E-state index contributed by atoms with van der Waals surface area (Å²) in [6, 6.07) is 0. The van der Waals surface area contributed by atoms with Gasteiger partial charge < -0.3 is 14.7 Å². The van der Waals surface area contributed by atoms with Crippen molar-refractivity contribution in [3.05, 3.63) is 0 Å². The van der Waals surface area contributed by atoms with Gasteiger partial charge in [-0.05, 0) is 31.6 Å². The molecule has 6 heteroatoms. The Labute approximate surface area is 215 Å². The summed E-state index contributed by atoms with van der Waals surface area (Å²) in [5, 5.41) is 9.19. The minimum Gasteiger partial charge on any atom is -0.462 e. The van der Waals surface area contributed by atoms with Crippen LogP contribution in [0.2, 0.25) is 0 Å². The van der Waals surface area contributed by atoms with Gasteiger partial charge in [0, 0.05) is 13.0 Å². The maximum absolute atomic E-state index is 12.9. The van der Waals surface area contributed by atoms with Crippen molar-refractivity contribution in [1.82, 2.24) is 5.48 Å². The lowest BCUT2D eigenvalue weighted by atomic mass is 9.86. The second kappa shape index (κ2) is 20.0. The first kappa shape index (κ1) is 31.9. The van der Waals surface area contributed by atoms with E-state index in [1.165, 1.54) is 57.8 Å². The molecule has 0 bridgehead atoms. The molecule has 0 amide bonds. The van der Waals surface area contributed by atoms with Crippen LogP contribution in [-0.4, -0.2) is 35.9 Å². The molecule has 0 aromatic carbocycles. The highest BCUT2D eigenvalue weighted by molar-refractivity contribution is 5.78. The zero-order valence-electron chi connectivity index (χ0n) is 23.2. The summed E-state index contributed by atoms with van der Waals surface area (Å²) < 4.78 is 11.5. The highest BCUT2D eigenvalue weighted by Gasteiger charge is 2.43. The van der Waals surface area contributed by atoms with Gasteiger partial charge in [-0.25, -0.2) is 5.48 Å². The Hall–Kier alpha value is -1.14. The van der Waals surface area contributed by atoms with Gasteiger partial charge in [-0.15, -0.1) is 0 Å². The zero-order chi connectivity index (χ0) is 25.9. The van der Waals surface area contributed by atoms with Gasteiger partial charge in [0.2, 0.25) is 0 Å². The molecule has 6 nitrogen and oxygen atoms in total. The number of unbranched alkanes of at least 4 members (excludes halogenated alkanes) is 11. The Kier molecular flexibility index (Phi) is 18.2. The van der Waals surface area contributed by atoms with Gasteiger partial charge in [0.1, 0.15) is 12.2 Å². The molecular formula is C29H55NO5. The molecule has 1 saturated heterocycles. The predicted octanol–water partition coefficient (Wildman–Crippen LogP) is 7.36. The molecule has 0 aromatic rings. The molecule has 35 heavy (non-hydrogen) atoms. The smallest absolute Gasteiger partial charge is 0.313 e. The molecular weight excluding hydrogens is 442 g/mol. The third-order valence-electron chi connectivity index (χ3n) is 7.22. The summed E-state index contributed by atoms with van der Waals surface area (Å²) in [6.07, 6.45) is 18.4. The topological polar surface area (TPSA) is 84.9 Å². The quantitative estimate of drug-likeness (QED) is 0.0871. The van der Waals surface area contributed by atoms with Crippen molar-refractivity contribution in [2.45, 2.75) is 149 Å². The lowest BCUT2D eigenvalue weighted by Crippen LogP contribution is -2.47. The Bertz CT molecular complexity index is 553. The van der Waals surface area contributed by atoms with Crippen molar-refractivity contribution < 1.29 is 24.3 Å². The molecule has 0 saturated carbocycles. The number of rotatable bonds is 23. The van der Waals surface area contributed by atoms with Crippen LogP contribution in [0.5, 0.6) is 0 Å². The molecule has 206 valence electrons. The number of hydrogen-bond acceptors (Lipinski definition) is 6. The lowest BCUT2D eigenvalue weighted by Gasteiger charge is -2.37. The molecule has 0 aromatic heterocycles. The van der Waals surface area contributed by atoms with E-state index in [9.17, 15) is 14.8 Å². The number of cyclic esters (lactones) is 1. The van der Waals surface area contributed by atoms with Crippen molar-refractivity contribution in [2.24, 2.45) is 17.8 Å². The molecule has 0 aliphatic carbocycles. The number of nitrogens with one attached hydrogen (secondary N) is 1. The maximum atomic E-state index is 12.9. The van der Waals surface area contributed by atoms with Crippen molar-refractivity contribution >= 4 is 11.9 Å². The summed E-state index contributed by atoms with van der Waals surface area (Å²) >= 11 is 0. The Morgan fingerprint density at radius 1 is 0.943 bits per heavy atom. The fourth-order valence-corrected chi connectivity index (χ4v) is 5.07. The van der Waals surface area contributed by atoms with Gasteiger partial charge in [0.05, 0.1) is 11.8 Å². The van der Waals surface area contributed by atoms with Crippen LogP contribution in [0.25, 0.3) is 0 Å². The average Bonchev–Trinajstić information content (AvgIpc) is 2.81. The second-order valence-electron chi connectivity index (χ2n) is 11.0. The first-order valence-corrected chi connectivity index (χ1v) is 14.7. The van der Waals surface area contributed by atoms with E-state index in [0.29, 0.717) is 18.8 Å². The Balaban J connectivity index is 2.57. The van der Waals surface area contributed by atoms with Crippen LogP contribution >= 0.6 is 0 Å². The van der Waals surface area contributed by atoms with E-state index in [2.05, 4.69) is 33.2 Å². The Morgan fingerprint density at radius 2 is 1.51 bits per heavy atom. The first-order valence-electron chi connectivity index (χ1n) is 14.7. The zero-order valence-corrected chi connectivity index (χ0v) is 23.2. The standard InChI is InChI=1S/C29H55NO5/c1-5-7-9-11-12-13-14-15-16-18-25(34-28(31)24(22-30-33)20-23(3)4)21-27-26(29(32)35-27)19-17-10-8-6-2/h23-27,30,33H,5-22H2,1-4H3/t24-,25+,26-,27?/m0/s1. The minimum atomic E-state index is -0.376. The summed E-state index contributed by atoms with van der Waals surface area (Å²) in [7, 11) is 0. The van der Waals surface area contributed by atoms with E-state index in [1.807, 2.05) is 0 Å². The van der Waals surface area contributed by atoms with Crippen LogP contribution in [0.4, 0.5) is 0 Å². The third-order valence-corrected chi connectivity index (χ3v) is 7.22. The highest BCUT2D eigenvalue weighted by Crippen LogP contribution is 2.33. The van der Waals surface area contributed by atoms with E-state index in [-0.39, 0.29) is 42.5 Å². The third kappa shape index (κ3) is 14.3. The van der Waals surface area contributed by atoms with E-state index >= 15 is 0 Å². The summed E-state index contributed by atoms with van der Waals surface area (Å²) in [5.74, 6) is -0.453. The Morgan fingerprint density at radius 3 is 2.06 bits per heavy atom. The fraction of sp³-hybridized carbons (Fsp3) is 0.931. The van der Waals surface area contributed by atoms with Crippen LogP contribution in [0.15, 0.2) is 0 Å². The number of carbonyl (C=O) groups excluding carboxylic acids is 2. The van der Waals surface area contributed by atoms with E-state index in [0.717, 1.165) is 38.5 Å². The number of esters is 2. The van der Waals surface area contributed by atoms with E-state index in [4.69, 9.17) is 9.47 Å². The number of carbonyl (C=O) groups is 2. The van der Waals surface area contributed by atoms with Gasteiger partial charge in [-0.1, -0.05) is 105 Å². The van der Waals surface area contributed by atoms with Crippen LogP contribution in [0.3, 0.4) is 0 Å². The van der Waals surface area contributed by atoms with Gasteiger partial charge in [0.25, 0.3) is 0 Å². The highest BCUT2D eigenvalue weighted by atomic mass is 16.6. The monoisotopic (exact) mass is 497 g/mol. The van der Waals surface area contributed by atoms with Crippen molar-refractivity contribution in [3.8, 4) is 0 Å². The largest absolute Gasteiger partial charge is 0.462 e. The molecule has 0 radical (unpaired) electrons. The maximum Gasteiger partial charge on any atom is 0.313 e. The summed E-state index contributed by atoms with van der Waals surface area (Å²) in [6.45, 7) is 8.75. The van der Waals surface area contributed by atoms with Crippen LogP contribution < -0.4 is 5.48 Å². The molecule has 1 heterocycles. The number of ether oxygens (including phenoxy) is 2. The van der Waals surface area contributed by atoms with Crippen molar-refractivity contribution in [3.63, 3.8) is 0 Å². The lowest BCUT2D eigenvalue weighted by molar-refractivity contribution is -0.190. The van der Waals surface area contributed by atoms with E-state index < -0.39 is 0 Å². The minimum absolute atomic E-state index is 0.0539. The number of hydrogen-bond donors (Lipinski definition) is 2. The SMILES string of the molecule is CCCCCCCCCCC[C@H](CC1OC(=O)[C@H]1CCCCCC)OC(=O)[C@H](CNO)CC(C)C. The predicted molar refractivity (Wildman–Crippen MR) is 141 cm³/mol. The van der Waals surface area contributed by atoms with Gasteiger partial charge >= 0.3 is 11.9 Å². The van der Waals surface area contributed by atoms with E-state index in [1.54, 1.807) is 0 Å². The average molecular weight is 498 g/mol. The van der Waals surface area contributed by atoms with Gasteiger partial charge in [-0.3, -0.25) is 9.59 Å². The molecule has 2 N–H and O–H groups in total. The molecule has 1 unspecified atom stereocenters. The van der Waals surface area contributed by atoms with Crippen molar-refractivity contribution in [2.75, 3.05) is 6.54 Å². The molecule has 1 aliphatic heterocycles. The normalized spacial score (nSPS) is 19.3. The van der Waals surface area contributed by atoms with Gasteiger partial charge in [0.15, 0.2) is 0 Å². The van der Waals surface area contributed by atoms with Crippen LogP contribution in [0, 0.1) is 17.8 Å². The summed E-state index contributed by atoms with van der Waals surface area (Å²) in [5.41, 5.74) is 2.15. The summed E-state index contributed by atoms with van der Waals surface area (Å²) in [4.78, 5) is 25.0. The molecule has 4 atom stereocenters. The van der Waals surface area contributed by atoms with Crippen LogP contribution in [0.1, 0.15) is 137 Å². The second-order valence-corrected chi connectivity index (χ2v) is 11.0. The van der Waals surface area contributed by atoms with Gasteiger partial charge in [-0.2, -0.15) is 0 Å². The van der Waals surface area contributed by atoms with Crippen LogP contribution in [-0.2, 0) is 19.1 Å². The molecule has 1 aliphatic rings. The van der Waals surface area contributed by atoms with Crippen molar-refractivity contribution in [1.29, 1.82) is 0 Å². The molecule has 1 fully saturated rings.